The lowest BCUT2D eigenvalue weighted by atomic mass is 10.2. The lowest BCUT2D eigenvalue weighted by Gasteiger charge is -2.11. The van der Waals surface area contributed by atoms with Crippen LogP contribution in [0.2, 0.25) is 0 Å². The molecule has 3 aromatic rings. The molecule has 0 radical (unpaired) electrons. The van der Waals surface area contributed by atoms with Crippen LogP contribution in [0.1, 0.15) is 23.7 Å². The minimum atomic E-state index is -0.150. The smallest absolute Gasteiger partial charge is 0.255 e. The van der Waals surface area contributed by atoms with Crippen LogP contribution in [-0.2, 0) is 0 Å². The van der Waals surface area contributed by atoms with Gasteiger partial charge in [0.1, 0.15) is 5.75 Å². The van der Waals surface area contributed by atoms with Gasteiger partial charge in [0.25, 0.3) is 5.91 Å². The number of hydrogen-bond acceptors (Lipinski definition) is 4. The van der Waals surface area contributed by atoms with E-state index in [2.05, 4.69) is 10.3 Å². The van der Waals surface area contributed by atoms with Crippen LogP contribution in [0, 0.1) is 0 Å². The predicted molar refractivity (Wildman–Crippen MR) is 89.8 cm³/mol. The number of anilines is 1. The summed E-state index contributed by atoms with van der Waals surface area (Å²) < 4.78 is 6.66. The van der Waals surface area contributed by atoms with Crippen LogP contribution in [-0.4, -0.2) is 17.5 Å². The van der Waals surface area contributed by atoms with Crippen molar-refractivity contribution in [1.82, 2.24) is 4.98 Å². The number of para-hydroxylation sites is 2. The van der Waals surface area contributed by atoms with E-state index in [0.29, 0.717) is 23.6 Å². The van der Waals surface area contributed by atoms with Gasteiger partial charge >= 0.3 is 0 Å². The Balaban J connectivity index is 1.81. The van der Waals surface area contributed by atoms with Crippen LogP contribution >= 0.6 is 11.3 Å². The van der Waals surface area contributed by atoms with Crippen LogP contribution in [0.4, 0.5) is 5.69 Å². The van der Waals surface area contributed by atoms with E-state index in [-0.39, 0.29) is 5.91 Å². The molecule has 0 fully saturated rings. The van der Waals surface area contributed by atoms with Crippen LogP contribution in [0.15, 0.2) is 48.0 Å². The van der Waals surface area contributed by atoms with E-state index in [1.165, 1.54) is 11.3 Å². The Hall–Kier alpha value is -2.40. The highest BCUT2D eigenvalue weighted by atomic mass is 32.1. The van der Waals surface area contributed by atoms with Gasteiger partial charge in [0.15, 0.2) is 0 Å². The van der Waals surface area contributed by atoms with Gasteiger partial charge in [-0.25, -0.2) is 4.98 Å². The monoisotopic (exact) mass is 312 g/mol. The number of rotatable bonds is 5. The molecule has 0 bridgehead atoms. The van der Waals surface area contributed by atoms with Crippen molar-refractivity contribution in [3.63, 3.8) is 0 Å². The Morgan fingerprint density at radius 2 is 2.14 bits per heavy atom. The zero-order valence-electron chi connectivity index (χ0n) is 12.2. The fourth-order valence-corrected chi connectivity index (χ4v) is 2.81. The molecule has 112 valence electrons. The van der Waals surface area contributed by atoms with E-state index in [0.717, 1.165) is 16.6 Å². The highest BCUT2D eigenvalue weighted by molar-refractivity contribution is 7.16. The molecule has 0 unspecified atom stereocenters. The molecule has 1 aromatic heterocycles. The molecule has 3 rings (SSSR count). The molecule has 0 saturated carbocycles. The normalized spacial score (nSPS) is 10.6. The van der Waals surface area contributed by atoms with E-state index < -0.39 is 0 Å². The molecule has 0 aliphatic rings. The molecule has 2 aromatic carbocycles. The van der Waals surface area contributed by atoms with Crippen LogP contribution in [0.25, 0.3) is 10.2 Å². The fraction of sp³-hybridized carbons (Fsp3) is 0.176. The molecule has 0 saturated heterocycles. The molecule has 0 aliphatic heterocycles. The number of benzene rings is 2. The maximum atomic E-state index is 12.4. The minimum Gasteiger partial charge on any atom is -0.491 e. The molecule has 0 spiro atoms. The predicted octanol–water partition coefficient (Wildman–Crippen LogP) is 4.34. The quantitative estimate of drug-likeness (QED) is 0.762. The van der Waals surface area contributed by atoms with Crippen LogP contribution < -0.4 is 10.1 Å². The minimum absolute atomic E-state index is 0.150. The molecule has 0 aliphatic carbocycles. The number of ether oxygens (including phenoxy) is 1. The first kappa shape index (κ1) is 14.5. The van der Waals surface area contributed by atoms with E-state index >= 15 is 0 Å². The number of carbonyl (C=O) groups excluding carboxylic acids is 1. The molecule has 0 atom stereocenters. The van der Waals surface area contributed by atoms with Crippen LogP contribution in [0.5, 0.6) is 5.75 Å². The summed E-state index contributed by atoms with van der Waals surface area (Å²) in [4.78, 5) is 16.6. The summed E-state index contributed by atoms with van der Waals surface area (Å²) in [5.74, 6) is 0.541. The molecular weight excluding hydrogens is 296 g/mol. The zero-order chi connectivity index (χ0) is 15.4. The van der Waals surface area contributed by atoms with E-state index in [9.17, 15) is 4.79 Å². The van der Waals surface area contributed by atoms with Gasteiger partial charge < -0.3 is 10.1 Å². The van der Waals surface area contributed by atoms with Crippen molar-refractivity contribution in [2.24, 2.45) is 0 Å². The van der Waals surface area contributed by atoms with Gasteiger partial charge in [-0.15, -0.1) is 11.3 Å². The van der Waals surface area contributed by atoms with Gasteiger partial charge in [0.2, 0.25) is 0 Å². The first-order valence-electron chi connectivity index (χ1n) is 7.14. The number of hydrogen-bond donors (Lipinski definition) is 1. The number of carbonyl (C=O) groups is 1. The number of fused-ring (bicyclic) bond motifs is 1. The summed E-state index contributed by atoms with van der Waals surface area (Å²) in [5, 5.41) is 2.91. The summed E-state index contributed by atoms with van der Waals surface area (Å²) in [6.45, 7) is 2.67. The van der Waals surface area contributed by atoms with Crippen LogP contribution in [0.3, 0.4) is 0 Å². The average Bonchev–Trinajstić information content (AvgIpc) is 3.01. The topological polar surface area (TPSA) is 51.2 Å². The maximum absolute atomic E-state index is 12.4. The molecule has 4 nitrogen and oxygen atoms in total. The standard InChI is InChI=1S/C17H16N2O2S/c1-2-9-21-15-6-4-3-5-13(15)19-17(20)12-7-8-14-16(10-12)22-11-18-14/h3-8,10-11H,2,9H2,1H3,(H,19,20). The van der Waals surface area contributed by atoms with Gasteiger partial charge in [0.05, 0.1) is 28.0 Å². The molecule has 22 heavy (non-hydrogen) atoms. The van der Waals surface area contributed by atoms with Crippen molar-refractivity contribution in [3.8, 4) is 5.75 Å². The van der Waals surface area contributed by atoms with E-state index in [4.69, 9.17) is 4.74 Å². The number of thiazole rings is 1. The lowest BCUT2D eigenvalue weighted by molar-refractivity contribution is 0.102. The average molecular weight is 312 g/mol. The summed E-state index contributed by atoms with van der Waals surface area (Å²) in [7, 11) is 0. The molecule has 1 amide bonds. The molecule has 1 N–H and O–H groups in total. The third-order valence-electron chi connectivity index (χ3n) is 3.19. The van der Waals surface area contributed by atoms with Crippen molar-refractivity contribution in [1.29, 1.82) is 0 Å². The van der Waals surface area contributed by atoms with Crippen molar-refractivity contribution >= 4 is 33.1 Å². The Morgan fingerprint density at radius 1 is 1.27 bits per heavy atom. The Bertz CT molecular complexity index is 798. The Morgan fingerprint density at radius 3 is 3.00 bits per heavy atom. The summed E-state index contributed by atoms with van der Waals surface area (Å²) in [5.41, 5.74) is 3.99. The Labute approximate surface area is 132 Å². The largest absolute Gasteiger partial charge is 0.491 e. The third-order valence-corrected chi connectivity index (χ3v) is 3.98. The zero-order valence-corrected chi connectivity index (χ0v) is 13.0. The van der Waals surface area contributed by atoms with Crippen molar-refractivity contribution in [2.75, 3.05) is 11.9 Å². The van der Waals surface area contributed by atoms with Crippen molar-refractivity contribution in [2.45, 2.75) is 13.3 Å². The second kappa shape index (κ2) is 6.58. The number of aromatic nitrogens is 1. The number of nitrogens with one attached hydrogen (secondary N) is 1. The van der Waals surface area contributed by atoms with Crippen molar-refractivity contribution < 1.29 is 9.53 Å². The van der Waals surface area contributed by atoms with Gasteiger partial charge in [-0.3, -0.25) is 4.79 Å². The van der Waals surface area contributed by atoms with Gasteiger partial charge in [0, 0.05) is 5.56 Å². The summed E-state index contributed by atoms with van der Waals surface area (Å²) in [6.07, 6.45) is 0.921. The van der Waals surface area contributed by atoms with Crippen molar-refractivity contribution in [3.05, 3.63) is 53.5 Å². The lowest BCUT2D eigenvalue weighted by Crippen LogP contribution is -2.13. The first-order valence-corrected chi connectivity index (χ1v) is 8.02. The SMILES string of the molecule is CCCOc1ccccc1NC(=O)c1ccc2ncsc2c1. The second-order valence-electron chi connectivity index (χ2n) is 4.83. The molecular formula is C17H16N2O2S. The highest BCUT2D eigenvalue weighted by Crippen LogP contribution is 2.25. The van der Waals surface area contributed by atoms with Gasteiger partial charge in [-0.05, 0) is 36.8 Å². The third kappa shape index (κ3) is 3.09. The number of nitrogens with zero attached hydrogens (tertiary/aromatic N) is 1. The highest BCUT2D eigenvalue weighted by Gasteiger charge is 2.11. The number of amides is 1. The maximum Gasteiger partial charge on any atom is 0.255 e. The summed E-state index contributed by atoms with van der Waals surface area (Å²) >= 11 is 1.52. The molecule has 1 heterocycles. The second-order valence-corrected chi connectivity index (χ2v) is 5.72. The van der Waals surface area contributed by atoms with E-state index in [1.807, 2.05) is 43.3 Å². The van der Waals surface area contributed by atoms with E-state index in [1.54, 1.807) is 11.6 Å². The first-order chi connectivity index (χ1) is 10.8. The summed E-state index contributed by atoms with van der Waals surface area (Å²) in [6, 6.07) is 13.0. The van der Waals surface area contributed by atoms with Gasteiger partial charge in [-0.2, -0.15) is 0 Å². The Kier molecular flexibility index (Phi) is 4.34. The van der Waals surface area contributed by atoms with Gasteiger partial charge in [-0.1, -0.05) is 19.1 Å². The fourth-order valence-electron chi connectivity index (χ4n) is 2.10. The molecule has 5 heteroatoms.